The quantitative estimate of drug-likeness (QED) is 0.913. The number of carbonyl (C=O) groups excluding carboxylic acids is 1. The Kier molecular flexibility index (Phi) is 4.68. The molecule has 1 aromatic heterocycles. The van der Waals surface area contributed by atoms with Crippen molar-refractivity contribution in [1.82, 2.24) is 14.7 Å². The topological polar surface area (TPSA) is 75.4 Å². The second-order valence-electron chi connectivity index (χ2n) is 5.50. The number of benzene rings is 1. The molecule has 0 saturated heterocycles. The van der Waals surface area contributed by atoms with Gasteiger partial charge in [-0.3, -0.25) is 4.79 Å². The molecule has 6 nitrogen and oxygen atoms in total. The lowest BCUT2D eigenvalue weighted by Gasteiger charge is -2.31. The molecule has 0 spiro atoms. The SMILES string of the molecule is CN(C(=O)c1cnn(-c2ccc(Cl)cc2Cl)c1)C(C)(C)C(=O)O. The van der Waals surface area contributed by atoms with Crippen molar-refractivity contribution in [2.45, 2.75) is 19.4 Å². The van der Waals surface area contributed by atoms with Crippen LogP contribution < -0.4 is 0 Å². The zero-order valence-corrected chi connectivity index (χ0v) is 14.3. The van der Waals surface area contributed by atoms with Crippen LogP contribution >= 0.6 is 23.2 Å². The number of amides is 1. The third kappa shape index (κ3) is 3.33. The molecule has 0 saturated carbocycles. The van der Waals surface area contributed by atoms with Crippen molar-refractivity contribution in [1.29, 1.82) is 0 Å². The molecule has 0 unspecified atom stereocenters. The van der Waals surface area contributed by atoms with E-state index in [1.807, 2.05) is 0 Å². The number of carbonyl (C=O) groups is 2. The number of carboxylic acid groups (broad SMARTS) is 1. The van der Waals surface area contributed by atoms with E-state index in [9.17, 15) is 14.7 Å². The first kappa shape index (κ1) is 17.3. The number of hydrogen-bond acceptors (Lipinski definition) is 3. The molecule has 2 aromatic rings. The van der Waals surface area contributed by atoms with Crippen LogP contribution in [-0.4, -0.2) is 44.3 Å². The highest BCUT2D eigenvalue weighted by Gasteiger charge is 2.36. The van der Waals surface area contributed by atoms with Gasteiger partial charge in [0, 0.05) is 18.3 Å². The molecule has 1 amide bonds. The minimum atomic E-state index is -1.34. The lowest BCUT2D eigenvalue weighted by Crippen LogP contribution is -2.50. The fraction of sp³-hybridized carbons (Fsp3) is 0.267. The molecular formula is C15H15Cl2N3O3. The fourth-order valence-electron chi connectivity index (χ4n) is 1.82. The van der Waals surface area contributed by atoms with E-state index in [1.54, 1.807) is 18.2 Å². The summed E-state index contributed by atoms with van der Waals surface area (Å²) in [6.45, 7) is 2.90. The average molecular weight is 356 g/mol. The Morgan fingerprint density at radius 2 is 1.96 bits per heavy atom. The molecule has 0 fully saturated rings. The third-order valence-corrected chi connectivity index (χ3v) is 4.19. The Labute approximate surface area is 143 Å². The van der Waals surface area contributed by atoms with Crippen LogP contribution in [0.3, 0.4) is 0 Å². The van der Waals surface area contributed by atoms with Gasteiger partial charge in [0.2, 0.25) is 0 Å². The van der Waals surface area contributed by atoms with E-state index in [1.165, 1.54) is 38.0 Å². The summed E-state index contributed by atoms with van der Waals surface area (Å²) >= 11 is 12.0. The summed E-state index contributed by atoms with van der Waals surface area (Å²) in [5.74, 6) is -1.55. The van der Waals surface area contributed by atoms with Crippen molar-refractivity contribution in [3.8, 4) is 5.69 Å². The molecule has 0 aliphatic carbocycles. The molecule has 23 heavy (non-hydrogen) atoms. The molecule has 0 aliphatic rings. The number of aromatic nitrogens is 2. The van der Waals surface area contributed by atoms with Crippen LogP contribution in [0.4, 0.5) is 0 Å². The normalized spacial score (nSPS) is 11.3. The Balaban J connectivity index is 2.32. The Bertz CT molecular complexity index is 771. The van der Waals surface area contributed by atoms with Crippen molar-refractivity contribution in [2.24, 2.45) is 0 Å². The van der Waals surface area contributed by atoms with Crippen LogP contribution in [0.5, 0.6) is 0 Å². The standard InChI is InChI=1S/C15H15Cl2N3O3/c1-15(2,14(22)23)19(3)13(21)9-7-18-20(8-9)12-5-4-10(16)6-11(12)17/h4-8H,1-3H3,(H,22,23). The summed E-state index contributed by atoms with van der Waals surface area (Å²) in [6.07, 6.45) is 2.85. The second kappa shape index (κ2) is 6.22. The third-order valence-electron chi connectivity index (χ3n) is 3.65. The maximum Gasteiger partial charge on any atom is 0.329 e. The number of halogens is 2. The maximum atomic E-state index is 12.4. The van der Waals surface area contributed by atoms with Crippen molar-refractivity contribution >= 4 is 35.1 Å². The number of nitrogens with zero attached hydrogens (tertiary/aromatic N) is 3. The van der Waals surface area contributed by atoms with E-state index in [4.69, 9.17) is 23.2 Å². The number of aliphatic carboxylic acids is 1. The summed E-state index contributed by atoms with van der Waals surface area (Å²) in [5.41, 5.74) is -0.514. The Morgan fingerprint density at radius 1 is 1.30 bits per heavy atom. The van der Waals surface area contributed by atoms with Crippen molar-refractivity contribution in [3.05, 3.63) is 46.2 Å². The van der Waals surface area contributed by atoms with Gasteiger partial charge >= 0.3 is 5.97 Å². The molecule has 0 bridgehead atoms. The van der Waals surface area contributed by atoms with E-state index >= 15 is 0 Å². The van der Waals surface area contributed by atoms with E-state index in [0.717, 1.165) is 4.90 Å². The van der Waals surface area contributed by atoms with Crippen LogP contribution in [0.1, 0.15) is 24.2 Å². The first-order valence-electron chi connectivity index (χ1n) is 6.66. The van der Waals surface area contributed by atoms with Crippen molar-refractivity contribution in [3.63, 3.8) is 0 Å². The van der Waals surface area contributed by atoms with Gasteiger partial charge in [-0.15, -0.1) is 0 Å². The first-order valence-corrected chi connectivity index (χ1v) is 7.42. The summed E-state index contributed by atoms with van der Waals surface area (Å²) in [6, 6.07) is 4.91. The van der Waals surface area contributed by atoms with E-state index < -0.39 is 17.4 Å². The lowest BCUT2D eigenvalue weighted by atomic mass is 10.0. The van der Waals surface area contributed by atoms with Gasteiger partial charge in [0.05, 0.1) is 22.5 Å². The Hall–Kier alpha value is -2.05. The lowest BCUT2D eigenvalue weighted by molar-refractivity contribution is -0.147. The van der Waals surface area contributed by atoms with Gasteiger partial charge in [0.15, 0.2) is 0 Å². The molecule has 1 heterocycles. The number of rotatable bonds is 4. The predicted octanol–water partition coefficient (Wildman–Crippen LogP) is 3.11. The van der Waals surface area contributed by atoms with Crippen LogP contribution in [0.2, 0.25) is 10.0 Å². The highest BCUT2D eigenvalue weighted by Crippen LogP contribution is 2.24. The highest BCUT2D eigenvalue weighted by molar-refractivity contribution is 6.35. The maximum absolute atomic E-state index is 12.4. The first-order chi connectivity index (χ1) is 10.6. The predicted molar refractivity (Wildman–Crippen MR) is 87.4 cm³/mol. The van der Waals surface area contributed by atoms with Crippen LogP contribution in [-0.2, 0) is 4.79 Å². The minimum Gasteiger partial charge on any atom is -0.480 e. The van der Waals surface area contributed by atoms with E-state index in [0.29, 0.717) is 15.7 Å². The summed E-state index contributed by atoms with van der Waals surface area (Å²) < 4.78 is 1.44. The van der Waals surface area contributed by atoms with Crippen LogP contribution in [0, 0.1) is 0 Å². The van der Waals surface area contributed by atoms with Crippen LogP contribution in [0.25, 0.3) is 5.69 Å². The van der Waals surface area contributed by atoms with Gasteiger partial charge < -0.3 is 10.0 Å². The molecule has 0 radical (unpaired) electrons. The van der Waals surface area contributed by atoms with Crippen molar-refractivity contribution < 1.29 is 14.7 Å². The molecule has 8 heteroatoms. The molecule has 2 rings (SSSR count). The second-order valence-corrected chi connectivity index (χ2v) is 6.34. The smallest absolute Gasteiger partial charge is 0.329 e. The summed E-state index contributed by atoms with van der Waals surface area (Å²) in [5, 5.41) is 14.2. The molecule has 0 atom stereocenters. The minimum absolute atomic E-state index is 0.257. The van der Waals surface area contributed by atoms with Gasteiger partial charge in [-0.2, -0.15) is 5.10 Å². The summed E-state index contributed by atoms with van der Waals surface area (Å²) in [4.78, 5) is 24.8. The average Bonchev–Trinajstić information content (AvgIpc) is 2.95. The van der Waals surface area contributed by atoms with Gasteiger partial charge in [-0.1, -0.05) is 23.2 Å². The number of hydrogen-bond donors (Lipinski definition) is 1. The van der Waals surface area contributed by atoms with E-state index in [2.05, 4.69) is 5.10 Å². The number of carboxylic acids is 1. The summed E-state index contributed by atoms with van der Waals surface area (Å²) in [7, 11) is 1.43. The molecule has 1 N–H and O–H groups in total. The largest absolute Gasteiger partial charge is 0.480 e. The zero-order valence-electron chi connectivity index (χ0n) is 12.7. The molecule has 0 aliphatic heterocycles. The molecule has 1 aromatic carbocycles. The number of likely N-dealkylation sites (N-methyl/N-ethyl adjacent to an activating group) is 1. The van der Waals surface area contributed by atoms with Gasteiger partial charge in [0.1, 0.15) is 5.54 Å². The van der Waals surface area contributed by atoms with Gasteiger partial charge in [-0.25, -0.2) is 9.48 Å². The molecular weight excluding hydrogens is 341 g/mol. The van der Waals surface area contributed by atoms with Crippen LogP contribution in [0.15, 0.2) is 30.6 Å². The molecule has 122 valence electrons. The van der Waals surface area contributed by atoms with Gasteiger partial charge in [0.25, 0.3) is 5.91 Å². The van der Waals surface area contributed by atoms with Gasteiger partial charge in [-0.05, 0) is 32.0 Å². The zero-order chi connectivity index (χ0) is 17.4. The fourth-order valence-corrected chi connectivity index (χ4v) is 2.32. The highest BCUT2D eigenvalue weighted by atomic mass is 35.5. The van der Waals surface area contributed by atoms with Crippen molar-refractivity contribution in [2.75, 3.05) is 7.05 Å². The Morgan fingerprint density at radius 3 is 2.52 bits per heavy atom. The monoisotopic (exact) mass is 355 g/mol. The van der Waals surface area contributed by atoms with E-state index in [-0.39, 0.29) is 5.56 Å².